The Balaban J connectivity index is 1.93. The van der Waals surface area contributed by atoms with E-state index in [1.165, 1.54) is 13.1 Å². The lowest BCUT2D eigenvalue weighted by Gasteiger charge is -2.21. The van der Waals surface area contributed by atoms with E-state index in [4.69, 9.17) is 9.62 Å². The number of furan rings is 1. The fourth-order valence-corrected chi connectivity index (χ4v) is 2.82. The third-order valence-corrected chi connectivity index (χ3v) is 4.24. The van der Waals surface area contributed by atoms with Gasteiger partial charge in [0, 0.05) is 17.1 Å². The molecule has 1 saturated heterocycles. The number of imide groups is 2. The van der Waals surface area contributed by atoms with Crippen LogP contribution < -0.4 is 10.8 Å². The summed E-state index contributed by atoms with van der Waals surface area (Å²) in [7, 11) is 1.28. The summed E-state index contributed by atoms with van der Waals surface area (Å²) in [5.74, 6) is -0.694. The number of hydrogen-bond acceptors (Lipinski definition) is 6. The summed E-state index contributed by atoms with van der Waals surface area (Å²) < 4.78 is 6.34. The molecule has 2 aromatic rings. The molecule has 25 heavy (non-hydrogen) atoms. The van der Waals surface area contributed by atoms with Crippen molar-refractivity contribution in [2.75, 3.05) is 12.5 Å². The molecule has 0 saturated carbocycles. The summed E-state index contributed by atoms with van der Waals surface area (Å²) in [6.07, 6.45) is 1.28. The van der Waals surface area contributed by atoms with Gasteiger partial charge in [-0.3, -0.25) is 30.5 Å². The normalized spacial score (nSPS) is 16.4. The minimum atomic E-state index is -0.773. The molecule has 2 heterocycles. The number of halogens is 1. The van der Waals surface area contributed by atoms with E-state index >= 15 is 0 Å². The van der Waals surface area contributed by atoms with Crippen LogP contribution in [0.2, 0.25) is 0 Å². The summed E-state index contributed by atoms with van der Waals surface area (Å²) >= 11 is 3.38. The molecular formula is C16H12BrN3O5. The molecule has 4 amide bonds. The lowest BCUT2D eigenvalue weighted by molar-refractivity contribution is -0.129. The number of anilines is 1. The lowest BCUT2D eigenvalue weighted by Crippen LogP contribution is -2.52. The summed E-state index contributed by atoms with van der Waals surface area (Å²) in [4.78, 5) is 36.1. The van der Waals surface area contributed by atoms with E-state index in [1.807, 2.05) is 5.48 Å². The van der Waals surface area contributed by atoms with Gasteiger partial charge in [-0.2, -0.15) is 0 Å². The first-order chi connectivity index (χ1) is 11.9. The summed E-state index contributed by atoms with van der Waals surface area (Å²) in [5.41, 5.74) is 3.07. The standard InChI is InChI=1S/C16H12BrN3O5/c1-20-15(22)11(14(21)18-16(20)23)7-9-3-5-13(25-9)10-4-2-8(19-24)6-12(10)17/h2-7,19,24H,1H3,(H,18,21,23)/b11-7-. The van der Waals surface area contributed by atoms with Crippen LogP contribution in [0.1, 0.15) is 5.76 Å². The van der Waals surface area contributed by atoms with E-state index in [0.29, 0.717) is 15.9 Å². The van der Waals surface area contributed by atoms with Crippen molar-refractivity contribution in [3.8, 4) is 11.3 Å². The maximum Gasteiger partial charge on any atom is 0.331 e. The number of carbonyl (C=O) groups excluding carboxylic acids is 3. The molecule has 9 heteroatoms. The Kier molecular flexibility index (Phi) is 4.43. The monoisotopic (exact) mass is 405 g/mol. The van der Waals surface area contributed by atoms with Crippen LogP contribution in [0.25, 0.3) is 17.4 Å². The van der Waals surface area contributed by atoms with Crippen molar-refractivity contribution < 1.29 is 24.0 Å². The number of carbonyl (C=O) groups is 3. The molecule has 1 aromatic carbocycles. The smallest absolute Gasteiger partial charge is 0.331 e. The molecule has 0 unspecified atom stereocenters. The predicted molar refractivity (Wildman–Crippen MR) is 91.5 cm³/mol. The van der Waals surface area contributed by atoms with Crippen LogP contribution in [0.3, 0.4) is 0 Å². The lowest BCUT2D eigenvalue weighted by atomic mass is 10.1. The molecule has 1 aromatic heterocycles. The van der Waals surface area contributed by atoms with Crippen LogP contribution in [-0.4, -0.2) is 35.0 Å². The van der Waals surface area contributed by atoms with Crippen LogP contribution >= 0.6 is 15.9 Å². The highest BCUT2D eigenvalue weighted by atomic mass is 79.9. The fourth-order valence-electron chi connectivity index (χ4n) is 2.25. The van der Waals surface area contributed by atoms with Crippen molar-refractivity contribution in [3.05, 3.63) is 46.1 Å². The SMILES string of the molecule is CN1C(=O)NC(=O)/C(=C/c2ccc(-c3ccc(NO)cc3Br)o2)C1=O. The number of nitrogens with zero attached hydrogens (tertiary/aromatic N) is 1. The Labute approximate surface area is 150 Å². The van der Waals surface area contributed by atoms with Crippen molar-refractivity contribution in [3.63, 3.8) is 0 Å². The Morgan fingerprint density at radius 3 is 2.68 bits per heavy atom. The highest BCUT2D eigenvalue weighted by Crippen LogP contribution is 2.32. The Morgan fingerprint density at radius 1 is 1.24 bits per heavy atom. The molecule has 0 aliphatic carbocycles. The summed E-state index contributed by atoms with van der Waals surface area (Å²) in [6.45, 7) is 0. The number of rotatable bonds is 3. The van der Waals surface area contributed by atoms with Crippen molar-refractivity contribution >= 4 is 45.5 Å². The number of amides is 4. The van der Waals surface area contributed by atoms with Gasteiger partial charge in [0.15, 0.2) is 0 Å². The van der Waals surface area contributed by atoms with E-state index in [2.05, 4.69) is 21.2 Å². The van der Waals surface area contributed by atoms with Gasteiger partial charge in [0.2, 0.25) is 0 Å². The van der Waals surface area contributed by atoms with Crippen molar-refractivity contribution in [1.29, 1.82) is 0 Å². The van der Waals surface area contributed by atoms with Gasteiger partial charge in [-0.05, 0) is 52.3 Å². The molecule has 128 valence electrons. The van der Waals surface area contributed by atoms with Crippen LogP contribution in [0.15, 0.2) is 44.8 Å². The Morgan fingerprint density at radius 2 is 2.00 bits per heavy atom. The molecular weight excluding hydrogens is 394 g/mol. The first-order valence-electron chi connectivity index (χ1n) is 7.05. The zero-order valence-electron chi connectivity index (χ0n) is 12.9. The summed E-state index contributed by atoms with van der Waals surface area (Å²) in [5, 5.41) is 11.0. The van der Waals surface area contributed by atoms with Crippen molar-refractivity contribution in [2.24, 2.45) is 0 Å². The fraction of sp³-hybridized carbons (Fsp3) is 0.0625. The molecule has 3 N–H and O–H groups in total. The minimum absolute atomic E-state index is 0.193. The number of barbiturate groups is 1. The minimum Gasteiger partial charge on any atom is -0.457 e. The predicted octanol–water partition coefficient (Wildman–Crippen LogP) is 2.60. The maximum absolute atomic E-state index is 12.0. The van der Waals surface area contributed by atoms with E-state index in [1.54, 1.807) is 30.3 Å². The molecule has 0 radical (unpaired) electrons. The quantitative estimate of drug-likeness (QED) is 0.411. The van der Waals surface area contributed by atoms with Gasteiger partial charge < -0.3 is 4.42 Å². The second kappa shape index (κ2) is 6.54. The van der Waals surface area contributed by atoms with E-state index in [-0.39, 0.29) is 11.3 Å². The number of urea groups is 1. The Hall–Kier alpha value is -2.91. The third kappa shape index (κ3) is 3.19. The molecule has 8 nitrogen and oxygen atoms in total. The van der Waals surface area contributed by atoms with Gasteiger partial charge in [0.05, 0.1) is 5.69 Å². The highest BCUT2D eigenvalue weighted by Gasteiger charge is 2.33. The number of likely N-dealkylation sites (N-methyl/N-ethyl adjacent to an activating group) is 1. The largest absolute Gasteiger partial charge is 0.457 e. The molecule has 0 spiro atoms. The highest BCUT2D eigenvalue weighted by molar-refractivity contribution is 9.10. The topological polar surface area (TPSA) is 112 Å². The molecule has 1 fully saturated rings. The van der Waals surface area contributed by atoms with Crippen LogP contribution in [0.4, 0.5) is 10.5 Å². The van der Waals surface area contributed by atoms with Gasteiger partial charge in [-0.25, -0.2) is 4.79 Å². The maximum atomic E-state index is 12.0. The van der Waals surface area contributed by atoms with E-state index < -0.39 is 17.8 Å². The van der Waals surface area contributed by atoms with E-state index in [9.17, 15) is 14.4 Å². The summed E-state index contributed by atoms with van der Waals surface area (Å²) in [6, 6.07) is 7.55. The van der Waals surface area contributed by atoms with Gasteiger partial charge in [0.25, 0.3) is 11.8 Å². The zero-order valence-corrected chi connectivity index (χ0v) is 14.5. The first-order valence-corrected chi connectivity index (χ1v) is 7.85. The van der Waals surface area contributed by atoms with Crippen molar-refractivity contribution in [1.82, 2.24) is 10.2 Å². The molecule has 3 rings (SSSR count). The average Bonchev–Trinajstić information content (AvgIpc) is 3.05. The van der Waals surface area contributed by atoms with Crippen LogP contribution in [-0.2, 0) is 9.59 Å². The Bertz CT molecular complexity index is 918. The third-order valence-electron chi connectivity index (χ3n) is 3.58. The number of nitrogens with one attached hydrogen (secondary N) is 2. The van der Waals surface area contributed by atoms with Gasteiger partial charge >= 0.3 is 6.03 Å². The second-order valence-electron chi connectivity index (χ2n) is 5.19. The van der Waals surface area contributed by atoms with Gasteiger partial charge in [-0.15, -0.1) is 0 Å². The molecule has 0 atom stereocenters. The molecule has 1 aliphatic heterocycles. The number of benzene rings is 1. The van der Waals surface area contributed by atoms with Gasteiger partial charge in [0.1, 0.15) is 17.1 Å². The van der Waals surface area contributed by atoms with Crippen LogP contribution in [0.5, 0.6) is 0 Å². The molecule has 1 aliphatic rings. The van der Waals surface area contributed by atoms with Crippen molar-refractivity contribution in [2.45, 2.75) is 0 Å². The zero-order chi connectivity index (χ0) is 18.1. The molecule has 0 bridgehead atoms. The van der Waals surface area contributed by atoms with E-state index in [0.717, 1.165) is 10.5 Å². The second-order valence-corrected chi connectivity index (χ2v) is 6.04. The number of hydrogen-bond donors (Lipinski definition) is 3. The van der Waals surface area contributed by atoms with Crippen LogP contribution in [0, 0.1) is 0 Å². The first kappa shape index (κ1) is 16.9. The van der Waals surface area contributed by atoms with Gasteiger partial charge in [-0.1, -0.05) is 0 Å². The average molecular weight is 406 g/mol.